The summed E-state index contributed by atoms with van der Waals surface area (Å²) >= 11 is 6.79. The second-order valence-electron chi connectivity index (χ2n) is 11.4. The molecule has 0 spiro atoms. The Bertz CT molecular complexity index is 2000. The van der Waals surface area contributed by atoms with Gasteiger partial charge in [0.1, 0.15) is 0 Å². The van der Waals surface area contributed by atoms with Gasteiger partial charge in [0.2, 0.25) is 0 Å². The summed E-state index contributed by atoms with van der Waals surface area (Å²) in [4.78, 5) is 0. The summed E-state index contributed by atoms with van der Waals surface area (Å²) in [5.41, 5.74) is 14.8. The Morgan fingerprint density at radius 2 is 1.40 bits per heavy atom. The molecule has 1 aromatic heterocycles. The molecule has 0 saturated carbocycles. The lowest BCUT2D eigenvalue weighted by molar-refractivity contribution is 0.698. The Balaban J connectivity index is 0.00000213. The summed E-state index contributed by atoms with van der Waals surface area (Å²) in [5.74, 6) is 0.247. The maximum absolute atomic E-state index is 6.79. The number of nitrogens with one attached hydrogen (secondary N) is 1. The minimum Gasteiger partial charge on any atom is -0.378 e. The van der Waals surface area contributed by atoms with Crippen molar-refractivity contribution >= 4 is 45.3 Å². The fraction of sp³-hybridized carbons (Fsp3) is 0.163. The van der Waals surface area contributed by atoms with Crippen LogP contribution in [0.2, 0.25) is 5.02 Å². The Labute approximate surface area is 284 Å². The van der Waals surface area contributed by atoms with E-state index in [4.69, 9.17) is 17.3 Å². The molecule has 0 fully saturated rings. The maximum atomic E-state index is 6.79. The number of aromatic nitrogens is 1. The third-order valence-electron chi connectivity index (χ3n) is 8.28. The zero-order valence-corrected chi connectivity index (χ0v) is 28.5. The van der Waals surface area contributed by atoms with Crippen LogP contribution in [0.1, 0.15) is 56.3 Å². The first-order chi connectivity index (χ1) is 23.0. The number of hydrogen-bond acceptors (Lipinski definition) is 2. The largest absolute Gasteiger partial charge is 0.378 e. The first-order valence-corrected chi connectivity index (χ1v) is 16.9. The van der Waals surface area contributed by atoms with Crippen LogP contribution in [0.3, 0.4) is 0 Å². The molecule has 0 aliphatic rings. The van der Waals surface area contributed by atoms with Gasteiger partial charge in [-0.05, 0) is 77.2 Å². The third kappa shape index (κ3) is 7.94. The Morgan fingerprint density at radius 1 is 0.723 bits per heavy atom. The molecule has 0 aliphatic carbocycles. The molecule has 238 valence electrons. The SMILES string of the molecule is CC.CC(/C=C(\NC(C)c1cc(Cl)cc(-c2ccc3c(c2)c2ccccc2n3/C=C\C=C/CN)c1)c1ccccc1)c1ccccc1. The minimum absolute atomic E-state index is 0.0224. The predicted octanol–water partition coefficient (Wildman–Crippen LogP) is 11.6. The number of allylic oxidation sites excluding steroid dienone is 3. The van der Waals surface area contributed by atoms with E-state index in [0.717, 1.165) is 44.0 Å². The molecule has 0 amide bonds. The standard InChI is InChI=1S/C41H38ClN3.C2H6/c1-29(31-14-6-3-7-15-31)24-39(32-16-8-4-9-17-32)44-30(2)34-25-35(27-36(42)26-34)33-20-21-41-38(28-33)37-18-10-11-19-40(37)45(41)23-13-5-12-22-43;1-2/h3-21,23-30,44H,22,43H2,1-2H3;1-2H3/b12-5-,23-13-,39-24-;. The average molecular weight is 638 g/mol. The molecule has 1 heterocycles. The van der Waals surface area contributed by atoms with Crippen LogP contribution < -0.4 is 11.1 Å². The molecule has 6 aromatic rings. The van der Waals surface area contributed by atoms with E-state index in [1.807, 2.05) is 32.1 Å². The molecule has 5 aromatic carbocycles. The van der Waals surface area contributed by atoms with Crippen molar-refractivity contribution in [2.45, 2.75) is 39.7 Å². The first kappa shape index (κ1) is 33.5. The number of nitrogens with two attached hydrogens (primary N) is 1. The molecule has 0 bridgehead atoms. The fourth-order valence-corrected chi connectivity index (χ4v) is 6.17. The zero-order valence-electron chi connectivity index (χ0n) is 27.7. The Hall–Kier alpha value is -4.83. The van der Waals surface area contributed by atoms with Gasteiger partial charge in [0, 0.05) is 46.2 Å². The molecule has 47 heavy (non-hydrogen) atoms. The number of rotatable bonds is 10. The molecule has 4 heteroatoms. The van der Waals surface area contributed by atoms with Gasteiger partial charge in [-0.1, -0.05) is 136 Å². The number of benzene rings is 5. The van der Waals surface area contributed by atoms with Crippen molar-refractivity contribution in [3.8, 4) is 11.1 Å². The van der Waals surface area contributed by atoms with Crippen molar-refractivity contribution in [3.63, 3.8) is 0 Å². The van der Waals surface area contributed by atoms with Crippen LogP contribution in [0, 0.1) is 0 Å². The highest BCUT2D eigenvalue weighted by atomic mass is 35.5. The summed E-state index contributed by atoms with van der Waals surface area (Å²) in [7, 11) is 0. The summed E-state index contributed by atoms with van der Waals surface area (Å²) in [6, 6.07) is 42.7. The molecule has 2 unspecified atom stereocenters. The lowest BCUT2D eigenvalue weighted by Crippen LogP contribution is -2.18. The Kier molecular flexibility index (Phi) is 11.5. The second kappa shape index (κ2) is 16.1. The number of fused-ring (bicyclic) bond motifs is 3. The van der Waals surface area contributed by atoms with Crippen molar-refractivity contribution in [1.82, 2.24) is 9.88 Å². The van der Waals surface area contributed by atoms with Gasteiger partial charge < -0.3 is 15.6 Å². The molecule has 0 saturated heterocycles. The van der Waals surface area contributed by atoms with Gasteiger partial charge in [0.05, 0.1) is 11.0 Å². The van der Waals surface area contributed by atoms with Gasteiger partial charge in [-0.3, -0.25) is 0 Å². The molecule has 6 rings (SSSR count). The zero-order chi connectivity index (χ0) is 33.2. The van der Waals surface area contributed by atoms with E-state index >= 15 is 0 Å². The van der Waals surface area contributed by atoms with E-state index in [-0.39, 0.29) is 12.0 Å². The van der Waals surface area contributed by atoms with Crippen molar-refractivity contribution in [3.05, 3.63) is 167 Å². The minimum atomic E-state index is 0.0224. The van der Waals surface area contributed by atoms with Gasteiger partial charge in [0.15, 0.2) is 0 Å². The summed E-state index contributed by atoms with van der Waals surface area (Å²) < 4.78 is 2.23. The van der Waals surface area contributed by atoms with Gasteiger partial charge in [-0.25, -0.2) is 0 Å². The van der Waals surface area contributed by atoms with E-state index in [2.05, 4.69) is 157 Å². The van der Waals surface area contributed by atoms with Gasteiger partial charge >= 0.3 is 0 Å². The topological polar surface area (TPSA) is 43.0 Å². The third-order valence-corrected chi connectivity index (χ3v) is 8.50. The molecule has 0 radical (unpaired) electrons. The van der Waals surface area contributed by atoms with Crippen LogP contribution in [-0.2, 0) is 0 Å². The lowest BCUT2D eigenvalue weighted by Gasteiger charge is -2.21. The number of halogens is 1. The molecule has 3 N–H and O–H groups in total. The van der Waals surface area contributed by atoms with Crippen LogP contribution in [0.5, 0.6) is 0 Å². The highest BCUT2D eigenvalue weighted by molar-refractivity contribution is 6.31. The number of hydrogen-bond donors (Lipinski definition) is 2. The van der Waals surface area contributed by atoms with E-state index in [0.29, 0.717) is 6.54 Å². The van der Waals surface area contributed by atoms with Gasteiger partial charge in [0.25, 0.3) is 0 Å². The summed E-state index contributed by atoms with van der Waals surface area (Å²) in [5, 5.41) is 6.95. The van der Waals surface area contributed by atoms with Crippen LogP contribution in [0.4, 0.5) is 0 Å². The van der Waals surface area contributed by atoms with E-state index in [1.54, 1.807) is 0 Å². The molecular formula is C43H44ClN3. The number of para-hydroxylation sites is 1. The van der Waals surface area contributed by atoms with Crippen LogP contribution >= 0.6 is 11.6 Å². The van der Waals surface area contributed by atoms with E-state index in [1.165, 1.54) is 16.3 Å². The first-order valence-electron chi connectivity index (χ1n) is 16.5. The molecule has 3 nitrogen and oxygen atoms in total. The van der Waals surface area contributed by atoms with Crippen molar-refractivity contribution in [2.24, 2.45) is 5.73 Å². The Morgan fingerprint density at radius 3 is 2.15 bits per heavy atom. The number of nitrogens with zero attached hydrogens (tertiary/aromatic N) is 1. The molecule has 2 atom stereocenters. The molecular weight excluding hydrogens is 594 g/mol. The predicted molar refractivity (Wildman–Crippen MR) is 206 cm³/mol. The molecule has 0 aliphatic heterocycles. The quantitative estimate of drug-likeness (QED) is 0.147. The fourth-order valence-electron chi connectivity index (χ4n) is 5.93. The normalized spacial score (nSPS) is 13.2. The second-order valence-corrected chi connectivity index (χ2v) is 11.8. The smallest absolute Gasteiger partial charge is 0.0535 e. The van der Waals surface area contributed by atoms with Crippen LogP contribution in [-0.4, -0.2) is 11.1 Å². The van der Waals surface area contributed by atoms with Crippen molar-refractivity contribution < 1.29 is 0 Å². The summed E-state index contributed by atoms with van der Waals surface area (Å²) in [6.45, 7) is 8.96. The van der Waals surface area contributed by atoms with Crippen molar-refractivity contribution in [1.29, 1.82) is 0 Å². The van der Waals surface area contributed by atoms with Gasteiger partial charge in [-0.2, -0.15) is 0 Å². The average Bonchev–Trinajstić information content (AvgIpc) is 3.43. The van der Waals surface area contributed by atoms with Crippen LogP contribution in [0.15, 0.2) is 146 Å². The lowest BCUT2D eigenvalue weighted by atomic mass is 9.96. The van der Waals surface area contributed by atoms with Crippen LogP contribution in [0.25, 0.3) is 44.8 Å². The monoisotopic (exact) mass is 637 g/mol. The van der Waals surface area contributed by atoms with Gasteiger partial charge in [-0.15, -0.1) is 0 Å². The van der Waals surface area contributed by atoms with E-state index in [9.17, 15) is 0 Å². The van der Waals surface area contributed by atoms with E-state index < -0.39 is 0 Å². The highest BCUT2D eigenvalue weighted by Gasteiger charge is 2.15. The summed E-state index contributed by atoms with van der Waals surface area (Å²) in [6.07, 6.45) is 10.4. The highest BCUT2D eigenvalue weighted by Crippen LogP contribution is 2.35. The van der Waals surface area contributed by atoms with Crippen molar-refractivity contribution in [2.75, 3.05) is 6.54 Å². The maximum Gasteiger partial charge on any atom is 0.0535 e.